The second-order valence-corrected chi connectivity index (χ2v) is 2.63. The summed E-state index contributed by atoms with van der Waals surface area (Å²) >= 11 is 0. The molecule has 0 spiro atoms. The molecule has 0 N–H and O–H groups in total. The smallest absolute Gasteiger partial charge is 0.126 e. The molecule has 0 unspecified atom stereocenters. The zero-order valence-electron chi connectivity index (χ0n) is 7.32. The first kappa shape index (κ1) is 8.80. The Bertz CT molecular complexity index is 329. The lowest BCUT2D eigenvalue weighted by molar-refractivity contribution is 0.616. The highest BCUT2D eigenvalue weighted by Gasteiger charge is 2.00. The zero-order chi connectivity index (χ0) is 8.97. The van der Waals surface area contributed by atoms with Crippen molar-refractivity contribution < 1.29 is 4.39 Å². The van der Waals surface area contributed by atoms with Gasteiger partial charge in [0.05, 0.1) is 0 Å². The Hall–Kier alpha value is -1.29. The van der Waals surface area contributed by atoms with Crippen molar-refractivity contribution in [3.63, 3.8) is 0 Å². The zero-order valence-corrected chi connectivity index (χ0v) is 7.32. The van der Waals surface area contributed by atoms with Crippen LogP contribution in [0.5, 0.6) is 0 Å². The highest BCUT2D eigenvalue weighted by atomic mass is 19.1. The van der Waals surface area contributed by atoms with Gasteiger partial charge in [0, 0.05) is 6.42 Å². The van der Waals surface area contributed by atoms with Crippen molar-refractivity contribution in [1.82, 2.24) is 0 Å². The van der Waals surface area contributed by atoms with Crippen LogP contribution in [0.4, 0.5) is 4.39 Å². The average molecular weight is 162 g/mol. The molecule has 0 aliphatic carbocycles. The first-order valence-corrected chi connectivity index (χ1v) is 3.89. The lowest BCUT2D eigenvalue weighted by atomic mass is 10.1. The number of hydrogen-bond acceptors (Lipinski definition) is 0. The van der Waals surface area contributed by atoms with Gasteiger partial charge in [0.2, 0.25) is 0 Å². The van der Waals surface area contributed by atoms with Gasteiger partial charge >= 0.3 is 0 Å². The molecule has 62 valence electrons. The summed E-state index contributed by atoms with van der Waals surface area (Å²) in [6.07, 6.45) is 0.639. The minimum Gasteiger partial charge on any atom is -0.207 e. The van der Waals surface area contributed by atoms with Crippen LogP contribution in [-0.4, -0.2) is 0 Å². The largest absolute Gasteiger partial charge is 0.207 e. The molecular formula is C11H11F. The lowest BCUT2D eigenvalue weighted by Crippen LogP contribution is -1.90. The average Bonchev–Trinajstić information content (AvgIpc) is 2.08. The maximum absolute atomic E-state index is 13.0. The van der Waals surface area contributed by atoms with E-state index >= 15 is 0 Å². The van der Waals surface area contributed by atoms with Crippen LogP contribution < -0.4 is 0 Å². The summed E-state index contributed by atoms with van der Waals surface area (Å²) in [7, 11) is 0. The van der Waals surface area contributed by atoms with Gasteiger partial charge in [-0.2, -0.15) is 0 Å². The van der Waals surface area contributed by atoms with E-state index in [0.717, 1.165) is 5.56 Å². The molecule has 0 heterocycles. The fourth-order valence-electron chi connectivity index (χ4n) is 1.03. The van der Waals surface area contributed by atoms with Gasteiger partial charge in [-0.05, 0) is 31.0 Å². The van der Waals surface area contributed by atoms with Gasteiger partial charge in [0.15, 0.2) is 0 Å². The van der Waals surface area contributed by atoms with Crippen LogP contribution in [0.2, 0.25) is 0 Å². The van der Waals surface area contributed by atoms with E-state index in [1.54, 1.807) is 19.9 Å². The summed E-state index contributed by atoms with van der Waals surface area (Å²) in [4.78, 5) is 0. The van der Waals surface area contributed by atoms with Crippen LogP contribution in [0.15, 0.2) is 18.2 Å². The Labute approximate surface area is 72.4 Å². The molecule has 0 fully saturated rings. The van der Waals surface area contributed by atoms with Crippen molar-refractivity contribution >= 4 is 0 Å². The highest BCUT2D eigenvalue weighted by Crippen LogP contribution is 2.11. The van der Waals surface area contributed by atoms with Crippen LogP contribution in [0.25, 0.3) is 0 Å². The van der Waals surface area contributed by atoms with Crippen LogP contribution in [0.1, 0.15) is 18.1 Å². The summed E-state index contributed by atoms with van der Waals surface area (Å²) in [5.74, 6) is 5.56. The van der Waals surface area contributed by atoms with Gasteiger partial charge in [-0.15, -0.1) is 5.92 Å². The molecule has 1 aromatic carbocycles. The summed E-state index contributed by atoms with van der Waals surface area (Å²) < 4.78 is 13.0. The van der Waals surface area contributed by atoms with Crippen molar-refractivity contribution in [1.29, 1.82) is 0 Å². The van der Waals surface area contributed by atoms with Crippen molar-refractivity contribution in [2.24, 2.45) is 0 Å². The van der Waals surface area contributed by atoms with Gasteiger partial charge in [-0.3, -0.25) is 0 Å². The fourth-order valence-corrected chi connectivity index (χ4v) is 1.03. The highest BCUT2D eigenvalue weighted by molar-refractivity contribution is 5.30. The quantitative estimate of drug-likeness (QED) is 0.557. The van der Waals surface area contributed by atoms with Crippen LogP contribution in [0, 0.1) is 24.6 Å². The van der Waals surface area contributed by atoms with E-state index in [2.05, 4.69) is 11.8 Å². The summed E-state index contributed by atoms with van der Waals surface area (Å²) in [6.45, 7) is 3.57. The van der Waals surface area contributed by atoms with Gasteiger partial charge in [0.25, 0.3) is 0 Å². The van der Waals surface area contributed by atoms with Gasteiger partial charge in [-0.25, -0.2) is 4.39 Å². The standard InChI is InChI=1S/C11H11F/c1-3-4-6-10-7-5-8-11(12)9(10)2/h5,7-8H,6H2,1-2H3. The summed E-state index contributed by atoms with van der Waals surface area (Å²) in [5, 5.41) is 0. The summed E-state index contributed by atoms with van der Waals surface area (Å²) in [6, 6.07) is 5.09. The molecule has 0 nitrogen and oxygen atoms in total. The van der Waals surface area contributed by atoms with Crippen molar-refractivity contribution in [2.45, 2.75) is 20.3 Å². The van der Waals surface area contributed by atoms with E-state index in [-0.39, 0.29) is 5.82 Å². The Morgan fingerprint density at radius 3 is 2.83 bits per heavy atom. The Balaban J connectivity index is 2.97. The second-order valence-electron chi connectivity index (χ2n) is 2.63. The van der Waals surface area contributed by atoms with Crippen molar-refractivity contribution in [3.8, 4) is 11.8 Å². The van der Waals surface area contributed by atoms with E-state index in [1.807, 2.05) is 6.07 Å². The second kappa shape index (κ2) is 3.92. The lowest BCUT2D eigenvalue weighted by Gasteiger charge is -2.01. The molecule has 0 atom stereocenters. The predicted octanol–water partition coefficient (Wildman–Crippen LogP) is 2.70. The minimum absolute atomic E-state index is 0.148. The number of benzene rings is 1. The van der Waals surface area contributed by atoms with E-state index in [0.29, 0.717) is 12.0 Å². The maximum atomic E-state index is 13.0. The normalized spacial score (nSPS) is 8.92. The Kier molecular flexibility index (Phi) is 2.88. The number of rotatable bonds is 1. The van der Waals surface area contributed by atoms with Crippen LogP contribution >= 0.6 is 0 Å². The third-order valence-electron chi connectivity index (χ3n) is 1.84. The van der Waals surface area contributed by atoms with Crippen molar-refractivity contribution in [2.75, 3.05) is 0 Å². The topological polar surface area (TPSA) is 0 Å². The van der Waals surface area contributed by atoms with Crippen LogP contribution in [0.3, 0.4) is 0 Å². The maximum Gasteiger partial charge on any atom is 0.126 e. The molecule has 0 aliphatic rings. The minimum atomic E-state index is -0.148. The first-order valence-electron chi connectivity index (χ1n) is 3.89. The number of hydrogen-bond donors (Lipinski definition) is 0. The number of halogens is 1. The molecule has 0 saturated carbocycles. The Morgan fingerprint density at radius 2 is 2.17 bits per heavy atom. The molecule has 0 aromatic heterocycles. The predicted molar refractivity (Wildman–Crippen MR) is 48.3 cm³/mol. The third kappa shape index (κ3) is 1.85. The molecule has 0 saturated heterocycles. The monoisotopic (exact) mass is 162 g/mol. The van der Waals surface area contributed by atoms with E-state index in [9.17, 15) is 4.39 Å². The SMILES string of the molecule is CC#CCc1cccc(F)c1C. The molecular weight excluding hydrogens is 151 g/mol. The van der Waals surface area contributed by atoms with E-state index in [4.69, 9.17) is 0 Å². The molecule has 0 bridgehead atoms. The molecule has 0 aliphatic heterocycles. The molecule has 12 heavy (non-hydrogen) atoms. The Morgan fingerprint density at radius 1 is 1.42 bits per heavy atom. The molecule has 1 aromatic rings. The van der Waals surface area contributed by atoms with E-state index in [1.165, 1.54) is 6.07 Å². The first-order chi connectivity index (χ1) is 5.75. The van der Waals surface area contributed by atoms with E-state index < -0.39 is 0 Å². The molecule has 0 amide bonds. The fraction of sp³-hybridized carbons (Fsp3) is 0.273. The molecule has 1 heteroatoms. The van der Waals surface area contributed by atoms with Gasteiger partial charge in [0.1, 0.15) is 5.82 Å². The summed E-state index contributed by atoms with van der Waals surface area (Å²) in [5.41, 5.74) is 1.68. The van der Waals surface area contributed by atoms with Crippen molar-refractivity contribution in [3.05, 3.63) is 35.1 Å². The van der Waals surface area contributed by atoms with Gasteiger partial charge < -0.3 is 0 Å². The van der Waals surface area contributed by atoms with Crippen LogP contribution in [-0.2, 0) is 6.42 Å². The molecule has 0 radical (unpaired) electrons. The van der Waals surface area contributed by atoms with Gasteiger partial charge in [-0.1, -0.05) is 18.1 Å². The third-order valence-corrected chi connectivity index (χ3v) is 1.84. The molecule has 1 rings (SSSR count).